The molecule has 190 valence electrons. The molecule has 11 heteroatoms. The monoisotopic (exact) mass is 536 g/mol. The minimum atomic E-state index is -1.08. The predicted molar refractivity (Wildman–Crippen MR) is 132 cm³/mol. The molecule has 2 aromatic carbocycles. The molecule has 0 aliphatic heterocycles. The largest absolute Gasteiger partial charge is 0.490 e. The summed E-state index contributed by atoms with van der Waals surface area (Å²) in [5, 5.41) is 15.2. The van der Waals surface area contributed by atoms with Crippen LogP contribution in [0.2, 0.25) is 5.02 Å². The van der Waals surface area contributed by atoms with E-state index in [-0.39, 0.29) is 24.9 Å². The van der Waals surface area contributed by atoms with E-state index in [9.17, 15) is 23.2 Å². The van der Waals surface area contributed by atoms with E-state index in [1.54, 1.807) is 0 Å². The molecule has 0 bridgehead atoms. The van der Waals surface area contributed by atoms with Gasteiger partial charge in [-0.3, -0.25) is 14.4 Å². The molecule has 7 nitrogen and oxygen atoms in total. The highest BCUT2D eigenvalue weighted by molar-refractivity contribution is 7.21. The first-order chi connectivity index (χ1) is 17.2. The average molecular weight is 537 g/mol. The molecule has 1 aromatic heterocycles. The summed E-state index contributed by atoms with van der Waals surface area (Å²) >= 11 is 7.53. The van der Waals surface area contributed by atoms with E-state index in [1.807, 2.05) is 24.3 Å². The van der Waals surface area contributed by atoms with E-state index in [0.29, 0.717) is 35.6 Å². The van der Waals surface area contributed by atoms with Crippen LogP contribution in [-0.4, -0.2) is 42.1 Å². The molecule has 1 aliphatic carbocycles. The number of benzene rings is 2. The van der Waals surface area contributed by atoms with Crippen molar-refractivity contribution in [3.63, 3.8) is 0 Å². The topological polar surface area (TPSA) is 105 Å². The molecule has 0 atom stereocenters. The molecular formula is C25H23ClF2N2O5S. The van der Waals surface area contributed by atoms with Crippen molar-refractivity contribution < 1.29 is 33.0 Å². The van der Waals surface area contributed by atoms with Gasteiger partial charge in [-0.15, -0.1) is 11.3 Å². The summed E-state index contributed by atoms with van der Waals surface area (Å²) < 4.78 is 35.6. The molecule has 0 radical (unpaired) electrons. The lowest BCUT2D eigenvalue weighted by Crippen LogP contribution is -2.35. The molecule has 0 unspecified atom stereocenters. The maximum atomic E-state index is 14.5. The van der Waals surface area contributed by atoms with E-state index in [4.69, 9.17) is 21.4 Å². The number of halogens is 3. The second-order valence-electron chi connectivity index (χ2n) is 8.44. The number of carbonyl (C=O) groups is 3. The minimum absolute atomic E-state index is 0.0264. The summed E-state index contributed by atoms with van der Waals surface area (Å²) in [4.78, 5) is 36.2. The van der Waals surface area contributed by atoms with Gasteiger partial charge in [-0.25, -0.2) is 8.78 Å². The molecule has 4 rings (SSSR count). The van der Waals surface area contributed by atoms with Crippen molar-refractivity contribution in [3.8, 4) is 5.75 Å². The van der Waals surface area contributed by atoms with Gasteiger partial charge in [0.2, 0.25) is 0 Å². The van der Waals surface area contributed by atoms with Crippen molar-refractivity contribution >= 4 is 50.8 Å². The van der Waals surface area contributed by atoms with Gasteiger partial charge in [0.1, 0.15) is 27.8 Å². The van der Waals surface area contributed by atoms with Crippen LogP contribution < -0.4 is 15.4 Å². The summed E-state index contributed by atoms with van der Waals surface area (Å²) in [6.45, 7) is -0.0321. The smallest absolute Gasteiger partial charge is 0.306 e. The first-order valence-corrected chi connectivity index (χ1v) is 12.6. The Morgan fingerprint density at radius 3 is 2.22 bits per heavy atom. The number of carboxylic acid groups (broad SMARTS) is 1. The summed E-state index contributed by atoms with van der Waals surface area (Å²) in [6.07, 6.45) is 1.42. The zero-order chi connectivity index (χ0) is 25.8. The number of aliphatic carboxylic acids is 1. The lowest BCUT2D eigenvalue weighted by atomic mass is 9.87. The Kier molecular flexibility index (Phi) is 8.05. The van der Waals surface area contributed by atoms with Crippen LogP contribution in [0.1, 0.15) is 45.7 Å². The SMILES string of the molecule is O=C(NCCNC(=O)c1c(F)cc(OC2CCC(C(=O)O)CC2)cc1F)c1sc2ccccc2c1Cl. The molecule has 0 saturated heterocycles. The number of carbonyl (C=O) groups excluding carboxylic acids is 2. The summed E-state index contributed by atoms with van der Waals surface area (Å²) in [5.41, 5.74) is -0.754. The molecule has 1 fully saturated rings. The highest BCUT2D eigenvalue weighted by Gasteiger charge is 2.28. The summed E-state index contributed by atoms with van der Waals surface area (Å²) in [7, 11) is 0. The van der Waals surface area contributed by atoms with Gasteiger partial charge >= 0.3 is 5.97 Å². The van der Waals surface area contributed by atoms with Crippen molar-refractivity contribution in [2.75, 3.05) is 13.1 Å². The molecule has 0 spiro atoms. The second-order valence-corrected chi connectivity index (χ2v) is 9.87. The number of amides is 2. The number of ether oxygens (including phenoxy) is 1. The first kappa shape index (κ1) is 25.8. The Balaban J connectivity index is 1.29. The number of nitrogens with one attached hydrogen (secondary N) is 2. The molecule has 1 heterocycles. The lowest BCUT2D eigenvalue weighted by molar-refractivity contribution is -0.143. The third kappa shape index (κ3) is 5.76. The molecule has 1 aliphatic rings. The zero-order valence-corrected chi connectivity index (χ0v) is 20.6. The number of carboxylic acids is 1. The van der Waals surface area contributed by atoms with Crippen LogP contribution >= 0.6 is 22.9 Å². The molecular weight excluding hydrogens is 514 g/mol. The van der Waals surface area contributed by atoms with Crippen LogP contribution in [0.15, 0.2) is 36.4 Å². The van der Waals surface area contributed by atoms with Crippen LogP contribution in [0.25, 0.3) is 10.1 Å². The quantitative estimate of drug-likeness (QED) is 0.351. The van der Waals surface area contributed by atoms with Crippen molar-refractivity contribution in [2.24, 2.45) is 5.92 Å². The van der Waals surface area contributed by atoms with E-state index >= 15 is 0 Å². The highest BCUT2D eigenvalue weighted by atomic mass is 35.5. The van der Waals surface area contributed by atoms with Crippen LogP contribution in [0.4, 0.5) is 8.78 Å². The fourth-order valence-electron chi connectivity index (χ4n) is 4.14. The summed E-state index contributed by atoms with van der Waals surface area (Å²) in [6, 6.07) is 9.21. The van der Waals surface area contributed by atoms with Gasteiger partial charge in [-0.05, 0) is 31.7 Å². The molecule has 2 amide bonds. The fourth-order valence-corrected chi connectivity index (χ4v) is 5.57. The van der Waals surface area contributed by atoms with Gasteiger partial charge in [0.05, 0.1) is 17.0 Å². The van der Waals surface area contributed by atoms with Gasteiger partial charge < -0.3 is 20.5 Å². The van der Waals surface area contributed by atoms with Crippen molar-refractivity contribution in [3.05, 3.63) is 63.5 Å². The molecule has 3 N–H and O–H groups in total. The summed E-state index contributed by atoms with van der Waals surface area (Å²) in [5.74, 6) is -4.89. The van der Waals surface area contributed by atoms with Crippen LogP contribution in [-0.2, 0) is 4.79 Å². The maximum absolute atomic E-state index is 14.5. The first-order valence-electron chi connectivity index (χ1n) is 11.4. The minimum Gasteiger partial charge on any atom is -0.490 e. The standard InChI is InChI=1S/C25H23ClF2N2O5S/c26-21-16-3-1-2-4-19(16)36-22(21)24(32)30-10-9-29-23(31)20-17(27)11-15(12-18(20)28)35-14-7-5-13(6-8-14)25(33)34/h1-4,11-14H,5-10H2,(H,29,31)(H,30,32)(H,33,34). The lowest BCUT2D eigenvalue weighted by Gasteiger charge is -2.26. The Labute approximate surface area is 214 Å². The molecule has 3 aromatic rings. The zero-order valence-electron chi connectivity index (χ0n) is 19.0. The third-order valence-electron chi connectivity index (χ3n) is 6.01. The molecule has 36 heavy (non-hydrogen) atoms. The van der Waals surface area contributed by atoms with Gasteiger partial charge in [0.25, 0.3) is 11.8 Å². The Hall–Kier alpha value is -3.24. The van der Waals surface area contributed by atoms with Crippen LogP contribution in [0.3, 0.4) is 0 Å². The average Bonchev–Trinajstić information content (AvgIpc) is 3.18. The second kappa shape index (κ2) is 11.2. The van der Waals surface area contributed by atoms with Gasteiger partial charge in [-0.1, -0.05) is 29.8 Å². The number of hydrogen-bond donors (Lipinski definition) is 3. The van der Waals surface area contributed by atoms with Crippen molar-refractivity contribution in [1.82, 2.24) is 10.6 Å². The van der Waals surface area contributed by atoms with Gasteiger partial charge in [-0.2, -0.15) is 0 Å². The Bertz CT molecular complexity index is 1280. The molecule has 1 saturated carbocycles. The van der Waals surface area contributed by atoms with Gasteiger partial charge in [0.15, 0.2) is 0 Å². The fraction of sp³-hybridized carbons (Fsp3) is 0.320. The number of thiophene rings is 1. The predicted octanol–water partition coefficient (Wildman–Crippen LogP) is 5.01. The Morgan fingerprint density at radius 2 is 1.61 bits per heavy atom. The van der Waals surface area contributed by atoms with E-state index in [1.165, 1.54) is 11.3 Å². The van der Waals surface area contributed by atoms with E-state index in [2.05, 4.69) is 10.6 Å². The highest BCUT2D eigenvalue weighted by Crippen LogP contribution is 2.35. The van der Waals surface area contributed by atoms with Crippen molar-refractivity contribution in [1.29, 1.82) is 0 Å². The number of fused-ring (bicyclic) bond motifs is 1. The number of rotatable bonds is 8. The van der Waals surface area contributed by atoms with E-state index < -0.39 is 40.9 Å². The third-order valence-corrected chi connectivity index (χ3v) is 7.68. The van der Waals surface area contributed by atoms with Crippen LogP contribution in [0.5, 0.6) is 5.75 Å². The maximum Gasteiger partial charge on any atom is 0.306 e. The van der Waals surface area contributed by atoms with E-state index in [0.717, 1.165) is 22.2 Å². The van der Waals surface area contributed by atoms with Gasteiger partial charge in [0, 0.05) is 35.3 Å². The Morgan fingerprint density at radius 1 is 1.00 bits per heavy atom. The number of hydrogen-bond acceptors (Lipinski definition) is 5. The van der Waals surface area contributed by atoms with Crippen molar-refractivity contribution in [2.45, 2.75) is 31.8 Å². The van der Waals surface area contributed by atoms with Crippen LogP contribution in [0, 0.1) is 17.6 Å². The normalized spacial score (nSPS) is 17.5.